The normalized spacial score (nSPS) is 14.3. The number of sulfonamides is 1. The summed E-state index contributed by atoms with van der Waals surface area (Å²) in [4.78, 5) is -0.585. The molecule has 0 bridgehead atoms. The summed E-state index contributed by atoms with van der Waals surface area (Å²) < 4.78 is 63.9. The summed E-state index contributed by atoms with van der Waals surface area (Å²) in [7, 11) is -4.22. The number of primary sulfonamides is 1. The van der Waals surface area contributed by atoms with Crippen LogP contribution < -0.4 is 15.6 Å². The Labute approximate surface area is 102 Å². The summed E-state index contributed by atoms with van der Waals surface area (Å²) in [5.41, 5.74) is 5.39. The number of nitrogen functional groups attached to an aromatic ring is 1. The highest BCUT2D eigenvalue weighted by Crippen LogP contribution is 2.30. The smallest absolute Gasteiger partial charge is 0.425 e. The van der Waals surface area contributed by atoms with Crippen LogP contribution in [0.3, 0.4) is 0 Å². The summed E-state index contributed by atoms with van der Waals surface area (Å²) in [6.45, 7) is 0.753. The summed E-state index contributed by atoms with van der Waals surface area (Å²) >= 11 is 0. The molecule has 18 heavy (non-hydrogen) atoms. The second-order valence-corrected chi connectivity index (χ2v) is 5.08. The molecule has 0 aliphatic carbocycles. The Bertz CT molecular complexity index is 542. The summed E-state index contributed by atoms with van der Waals surface area (Å²) in [6, 6.07) is 3.18. The Kier molecular flexibility index (Phi) is 3.77. The first-order chi connectivity index (χ1) is 8.01. The van der Waals surface area contributed by atoms with E-state index < -0.39 is 32.9 Å². The van der Waals surface area contributed by atoms with Gasteiger partial charge in [-0.1, -0.05) is 0 Å². The van der Waals surface area contributed by atoms with Crippen molar-refractivity contribution in [1.29, 1.82) is 0 Å². The van der Waals surface area contributed by atoms with E-state index >= 15 is 0 Å². The van der Waals surface area contributed by atoms with E-state index in [4.69, 9.17) is 10.9 Å². The number of benzene rings is 1. The predicted molar refractivity (Wildman–Crippen MR) is 58.4 cm³/mol. The van der Waals surface area contributed by atoms with Gasteiger partial charge in [-0.2, -0.15) is 13.2 Å². The SMILES string of the molecule is CC(Oc1ccc(N)cc1S(N)(=O)=O)C(F)(F)F. The maximum atomic E-state index is 12.3. The minimum Gasteiger partial charge on any atom is -0.480 e. The second kappa shape index (κ2) is 4.65. The molecule has 0 saturated carbocycles. The first kappa shape index (κ1) is 14.6. The molecule has 0 spiro atoms. The standard InChI is InChI=1S/C9H11F3N2O3S/c1-5(9(10,11)12)17-7-3-2-6(13)4-8(7)18(14,15)16/h2-5H,13H2,1H3,(H2,14,15,16). The number of alkyl halides is 3. The van der Waals surface area contributed by atoms with Crippen molar-refractivity contribution in [2.24, 2.45) is 5.14 Å². The van der Waals surface area contributed by atoms with Crippen LogP contribution in [-0.4, -0.2) is 20.7 Å². The van der Waals surface area contributed by atoms with Gasteiger partial charge >= 0.3 is 6.18 Å². The highest BCUT2D eigenvalue weighted by atomic mass is 32.2. The number of halogens is 3. The van der Waals surface area contributed by atoms with Gasteiger partial charge in [-0.3, -0.25) is 0 Å². The molecule has 102 valence electrons. The minimum atomic E-state index is -4.61. The van der Waals surface area contributed by atoms with E-state index in [1.54, 1.807) is 0 Å². The van der Waals surface area contributed by atoms with Crippen LogP contribution in [0, 0.1) is 0 Å². The Morgan fingerprint density at radius 2 is 1.89 bits per heavy atom. The van der Waals surface area contributed by atoms with Gasteiger partial charge in [0, 0.05) is 5.69 Å². The van der Waals surface area contributed by atoms with Crippen LogP contribution in [0.2, 0.25) is 0 Å². The van der Waals surface area contributed by atoms with Crippen molar-refractivity contribution in [1.82, 2.24) is 0 Å². The first-order valence-electron chi connectivity index (χ1n) is 4.67. The van der Waals surface area contributed by atoms with Gasteiger partial charge in [0.2, 0.25) is 10.0 Å². The lowest BCUT2D eigenvalue weighted by molar-refractivity contribution is -0.189. The lowest BCUT2D eigenvalue weighted by Gasteiger charge is -2.19. The molecule has 0 radical (unpaired) electrons. The van der Waals surface area contributed by atoms with Crippen molar-refractivity contribution >= 4 is 15.7 Å². The fourth-order valence-electron chi connectivity index (χ4n) is 1.10. The molecule has 0 heterocycles. The molecule has 0 aliphatic rings. The van der Waals surface area contributed by atoms with E-state index in [9.17, 15) is 21.6 Å². The van der Waals surface area contributed by atoms with E-state index in [-0.39, 0.29) is 5.69 Å². The highest BCUT2D eigenvalue weighted by Gasteiger charge is 2.38. The molecule has 9 heteroatoms. The van der Waals surface area contributed by atoms with Crippen molar-refractivity contribution in [3.63, 3.8) is 0 Å². The molecular formula is C9H11F3N2O3S. The highest BCUT2D eigenvalue weighted by molar-refractivity contribution is 7.89. The van der Waals surface area contributed by atoms with Crippen LogP contribution in [0.15, 0.2) is 23.1 Å². The van der Waals surface area contributed by atoms with Gasteiger partial charge in [-0.25, -0.2) is 13.6 Å². The Balaban J connectivity index is 3.18. The molecule has 4 N–H and O–H groups in total. The van der Waals surface area contributed by atoms with Crippen LogP contribution in [0.5, 0.6) is 5.75 Å². The Hall–Kier alpha value is -1.48. The number of anilines is 1. The van der Waals surface area contributed by atoms with Gasteiger partial charge in [-0.15, -0.1) is 0 Å². The molecule has 0 amide bonds. The number of nitrogens with two attached hydrogens (primary N) is 2. The molecule has 0 fully saturated rings. The third-order valence-electron chi connectivity index (χ3n) is 2.04. The average molecular weight is 284 g/mol. The van der Waals surface area contributed by atoms with E-state index in [0.717, 1.165) is 19.1 Å². The van der Waals surface area contributed by atoms with Crippen LogP contribution >= 0.6 is 0 Å². The minimum absolute atomic E-state index is 0.0473. The quantitative estimate of drug-likeness (QED) is 0.816. The summed E-state index contributed by atoms with van der Waals surface area (Å²) in [5.74, 6) is -0.489. The maximum absolute atomic E-state index is 12.3. The summed E-state index contributed by atoms with van der Waals surface area (Å²) in [5, 5.41) is 4.87. The van der Waals surface area contributed by atoms with Gasteiger partial charge in [0.25, 0.3) is 0 Å². The van der Waals surface area contributed by atoms with Gasteiger partial charge in [0.05, 0.1) is 0 Å². The lowest BCUT2D eigenvalue weighted by atomic mass is 10.3. The van der Waals surface area contributed by atoms with Gasteiger partial charge in [-0.05, 0) is 25.1 Å². The molecular weight excluding hydrogens is 273 g/mol. The topological polar surface area (TPSA) is 95.4 Å². The van der Waals surface area contributed by atoms with Crippen LogP contribution in [0.25, 0.3) is 0 Å². The molecule has 1 rings (SSSR count). The van der Waals surface area contributed by atoms with Crippen molar-refractivity contribution < 1.29 is 26.3 Å². The molecule has 5 nitrogen and oxygen atoms in total. The van der Waals surface area contributed by atoms with Crippen molar-refractivity contribution in [2.45, 2.75) is 24.1 Å². The molecule has 0 aromatic heterocycles. The van der Waals surface area contributed by atoms with E-state index in [1.807, 2.05) is 0 Å². The van der Waals surface area contributed by atoms with E-state index in [1.165, 1.54) is 6.07 Å². The largest absolute Gasteiger partial charge is 0.480 e. The van der Waals surface area contributed by atoms with Crippen molar-refractivity contribution in [3.8, 4) is 5.75 Å². The zero-order valence-electron chi connectivity index (χ0n) is 9.23. The molecule has 1 aromatic rings. The Morgan fingerprint density at radius 3 is 2.33 bits per heavy atom. The molecule has 0 saturated heterocycles. The first-order valence-corrected chi connectivity index (χ1v) is 6.22. The zero-order valence-corrected chi connectivity index (χ0v) is 10.0. The fraction of sp³-hybridized carbons (Fsp3) is 0.333. The fourth-order valence-corrected chi connectivity index (χ4v) is 1.80. The average Bonchev–Trinajstić information content (AvgIpc) is 2.17. The molecule has 1 unspecified atom stereocenters. The van der Waals surface area contributed by atoms with Gasteiger partial charge in [0.15, 0.2) is 6.10 Å². The van der Waals surface area contributed by atoms with Crippen LogP contribution in [0.1, 0.15) is 6.92 Å². The van der Waals surface area contributed by atoms with Crippen LogP contribution in [-0.2, 0) is 10.0 Å². The van der Waals surface area contributed by atoms with E-state index in [0.29, 0.717) is 0 Å². The maximum Gasteiger partial charge on any atom is 0.425 e. The van der Waals surface area contributed by atoms with Crippen LogP contribution in [0.4, 0.5) is 18.9 Å². The third kappa shape index (κ3) is 3.50. The number of hydrogen-bond donors (Lipinski definition) is 2. The second-order valence-electron chi connectivity index (χ2n) is 3.55. The number of rotatable bonds is 3. The lowest BCUT2D eigenvalue weighted by Crippen LogP contribution is -2.31. The van der Waals surface area contributed by atoms with Crippen molar-refractivity contribution in [3.05, 3.63) is 18.2 Å². The predicted octanol–water partition coefficient (Wildman–Crippen LogP) is 1.25. The van der Waals surface area contributed by atoms with Crippen molar-refractivity contribution in [2.75, 3.05) is 5.73 Å². The molecule has 1 aromatic carbocycles. The zero-order chi connectivity index (χ0) is 14.1. The Morgan fingerprint density at radius 1 is 1.33 bits per heavy atom. The third-order valence-corrected chi connectivity index (χ3v) is 2.97. The number of hydrogen-bond acceptors (Lipinski definition) is 4. The number of ether oxygens (including phenoxy) is 1. The monoisotopic (exact) mass is 284 g/mol. The molecule has 1 atom stereocenters. The molecule has 0 aliphatic heterocycles. The van der Waals surface area contributed by atoms with Gasteiger partial charge in [0.1, 0.15) is 10.6 Å². The van der Waals surface area contributed by atoms with Gasteiger partial charge < -0.3 is 10.5 Å². The van der Waals surface area contributed by atoms with E-state index in [2.05, 4.69) is 4.74 Å². The summed E-state index contributed by atoms with van der Waals surface area (Å²) in [6.07, 6.45) is -6.78.